The zero-order chi connectivity index (χ0) is 9.84. The molecule has 1 N–H and O–H groups in total. The van der Waals surface area contributed by atoms with Crippen molar-refractivity contribution in [1.82, 2.24) is 20.5 Å². The van der Waals surface area contributed by atoms with Gasteiger partial charge in [-0.2, -0.15) is 5.10 Å². The van der Waals surface area contributed by atoms with Crippen LogP contribution < -0.4 is 5.32 Å². The third-order valence-corrected chi connectivity index (χ3v) is 2.01. The first-order valence-corrected chi connectivity index (χ1v) is 4.52. The van der Waals surface area contributed by atoms with E-state index in [0.717, 1.165) is 11.5 Å². The number of hydrogen-bond acceptors (Lipinski definition) is 4. The Hall–Kier alpha value is -1.03. The van der Waals surface area contributed by atoms with Crippen LogP contribution in [-0.4, -0.2) is 22.2 Å². The van der Waals surface area contributed by atoms with E-state index in [1.165, 1.54) is 0 Å². The van der Waals surface area contributed by atoms with Crippen molar-refractivity contribution in [3.05, 3.63) is 17.7 Å². The second-order valence-electron chi connectivity index (χ2n) is 3.40. The average Bonchev–Trinajstić information content (AvgIpc) is 2.17. The Morgan fingerprint density at radius 2 is 2.00 bits per heavy atom. The first-order valence-electron chi connectivity index (χ1n) is 4.52. The predicted octanol–water partition coefficient (Wildman–Crippen LogP) is 1.28. The van der Waals surface area contributed by atoms with Crippen LogP contribution in [0.5, 0.6) is 0 Å². The maximum Gasteiger partial charge on any atom is 0.167 e. The first-order chi connectivity index (χ1) is 6.15. The van der Waals surface area contributed by atoms with Crippen molar-refractivity contribution in [2.24, 2.45) is 0 Å². The summed E-state index contributed by atoms with van der Waals surface area (Å²) in [6, 6.07) is 0.159. The molecule has 0 aliphatic carbocycles. The van der Waals surface area contributed by atoms with E-state index in [0.29, 0.717) is 5.92 Å². The van der Waals surface area contributed by atoms with Crippen LogP contribution in [0.1, 0.15) is 44.2 Å². The lowest BCUT2D eigenvalue weighted by atomic mass is 10.1. The highest BCUT2D eigenvalue weighted by Crippen LogP contribution is 2.11. The lowest BCUT2D eigenvalue weighted by Crippen LogP contribution is -2.17. The van der Waals surface area contributed by atoms with E-state index < -0.39 is 0 Å². The van der Waals surface area contributed by atoms with Crippen LogP contribution in [0.15, 0.2) is 6.20 Å². The summed E-state index contributed by atoms with van der Waals surface area (Å²) in [5.74, 6) is 1.16. The molecule has 0 saturated carbocycles. The maximum absolute atomic E-state index is 4.41. The molecule has 4 nitrogen and oxygen atoms in total. The summed E-state index contributed by atoms with van der Waals surface area (Å²) >= 11 is 0. The molecule has 1 unspecified atom stereocenters. The van der Waals surface area contributed by atoms with Gasteiger partial charge in [0.05, 0.1) is 17.9 Å². The van der Waals surface area contributed by atoms with Crippen LogP contribution in [0.4, 0.5) is 0 Å². The minimum Gasteiger partial charge on any atom is -0.311 e. The Morgan fingerprint density at radius 1 is 1.31 bits per heavy atom. The number of hydrogen-bond donors (Lipinski definition) is 1. The Bertz CT molecular complexity index is 272. The van der Waals surface area contributed by atoms with Crippen LogP contribution in [-0.2, 0) is 0 Å². The van der Waals surface area contributed by atoms with Crippen molar-refractivity contribution in [3.63, 3.8) is 0 Å². The molecule has 0 aromatic carbocycles. The smallest absolute Gasteiger partial charge is 0.167 e. The maximum atomic E-state index is 4.41. The number of nitrogens with one attached hydrogen (secondary N) is 1. The van der Waals surface area contributed by atoms with Gasteiger partial charge in [-0.1, -0.05) is 13.8 Å². The van der Waals surface area contributed by atoms with Crippen LogP contribution in [0.25, 0.3) is 0 Å². The standard InChI is InChI=1S/C9H16N4/c1-6(2)8-5-11-13-9(12-8)7(3)10-4/h5-7,10H,1-4H3. The summed E-state index contributed by atoms with van der Waals surface area (Å²) in [6.45, 7) is 6.21. The molecule has 1 rings (SSSR count). The molecule has 0 radical (unpaired) electrons. The van der Waals surface area contributed by atoms with E-state index in [9.17, 15) is 0 Å². The van der Waals surface area contributed by atoms with E-state index >= 15 is 0 Å². The van der Waals surface area contributed by atoms with E-state index in [1.807, 2.05) is 14.0 Å². The quantitative estimate of drug-likeness (QED) is 0.761. The van der Waals surface area contributed by atoms with Gasteiger partial charge in [0.15, 0.2) is 5.82 Å². The summed E-state index contributed by atoms with van der Waals surface area (Å²) in [7, 11) is 1.88. The molecule has 13 heavy (non-hydrogen) atoms. The molecule has 1 heterocycles. The van der Waals surface area contributed by atoms with Crippen LogP contribution in [0.2, 0.25) is 0 Å². The van der Waals surface area contributed by atoms with Crippen LogP contribution in [0, 0.1) is 0 Å². The van der Waals surface area contributed by atoms with Crippen molar-refractivity contribution in [2.75, 3.05) is 7.05 Å². The highest BCUT2D eigenvalue weighted by Gasteiger charge is 2.08. The second kappa shape index (κ2) is 4.28. The van der Waals surface area contributed by atoms with Crippen molar-refractivity contribution in [3.8, 4) is 0 Å². The molecule has 4 heteroatoms. The molecule has 72 valence electrons. The third kappa shape index (κ3) is 2.45. The molecule has 0 spiro atoms. The van der Waals surface area contributed by atoms with Gasteiger partial charge in [0.25, 0.3) is 0 Å². The molecule has 0 bridgehead atoms. The second-order valence-corrected chi connectivity index (χ2v) is 3.40. The SMILES string of the molecule is CNC(C)c1nncc(C(C)C)n1. The fourth-order valence-corrected chi connectivity index (χ4v) is 0.921. The molecule has 0 saturated heterocycles. The topological polar surface area (TPSA) is 50.7 Å². The summed E-state index contributed by atoms with van der Waals surface area (Å²) in [6.07, 6.45) is 1.72. The minimum absolute atomic E-state index is 0.159. The van der Waals surface area contributed by atoms with Crippen LogP contribution >= 0.6 is 0 Å². The lowest BCUT2D eigenvalue weighted by Gasteiger charge is -2.09. The summed E-state index contributed by atoms with van der Waals surface area (Å²) in [4.78, 5) is 4.41. The highest BCUT2D eigenvalue weighted by atomic mass is 15.2. The van der Waals surface area contributed by atoms with Gasteiger partial charge in [0.2, 0.25) is 0 Å². The molecule has 0 fully saturated rings. The monoisotopic (exact) mass is 180 g/mol. The van der Waals surface area contributed by atoms with Crippen molar-refractivity contribution in [1.29, 1.82) is 0 Å². The summed E-state index contributed by atoms with van der Waals surface area (Å²) in [5.41, 5.74) is 0.993. The Labute approximate surface area is 78.8 Å². The molecular formula is C9H16N4. The largest absolute Gasteiger partial charge is 0.311 e. The normalized spacial score (nSPS) is 13.3. The molecule has 1 atom stereocenters. The number of aromatic nitrogens is 3. The summed E-state index contributed by atoms with van der Waals surface area (Å²) in [5, 5.41) is 11.0. The zero-order valence-electron chi connectivity index (χ0n) is 8.57. The fourth-order valence-electron chi connectivity index (χ4n) is 0.921. The van der Waals surface area contributed by atoms with Crippen molar-refractivity contribution < 1.29 is 0 Å². The molecule has 0 aliphatic rings. The molecular weight excluding hydrogens is 164 g/mol. The van der Waals surface area contributed by atoms with Gasteiger partial charge in [-0.15, -0.1) is 5.10 Å². The van der Waals surface area contributed by atoms with Crippen molar-refractivity contribution in [2.45, 2.75) is 32.7 Å². The minimum atomic E-state index is 0.159. The van der Waals surface area contributed by atoms with Crippen LogP contribution in [0.3, 0.4) is 0 Å². The molecule has 0 aliphatic heterocycles. The van der Waals surface area contributed by atoms with Gasteiger partial charge in [-0.25, -0.2) is 4.98 Å². The molecule has 1 aromatic heterocycles. The molecule has 1 aromatic rings. The Balaban J connectivity index is 2.91. The summed E-state index contributed by atoms with van der Waals surface area (Å²) < 4.78 is 0. The predicted molar refractivity (Wildman–Crippen MR) is 51.4 cm³/mol. The fraction of sp³-hybridized carbons (Fsp3) is 0.667. The van der Waals surface area contributed by atoms with Gasteiger partial charge in [-0.05, 0) is 19.9 Å². The zero-order valence-corrected chi connectivity index (χ0v) is 8.57. The Morgan fingerprint density at radius 3 is 2.54 bits per heavy atom. The third-order valence-electron chi connectivity index (χ3n) is 2.01. The lowest BCUT2D eigenvalue weighted by molar-refractivity contribution is 0.585. The van der Waals surface area contributed by atoms with Gasteiger partial charge >= 0.3 is 0 Å². The average molecular weight is 180 g/mol. The highest BCUT2D eigenvalue weighted by molar-refractivity contribution is 5.03. The molecule has 0 amide bonds. The Kier molecular flexibility index (Phi) is 3.31. The van der Waals surface area contributed by atoms with Crippen molar-refractivity contribution >= 4 is 0 Å². The van der Waals surface area contributed by atoms with Gasteiger partial charge in [0.1, 0.15) is 0 Å². The first kappa shape index (κ1) is 10.1. The van der Waals surface area contributed by atoms with Gasteiger partial charge in [0, 0.05) is 0 Å². The number of rotatable bonds is 3. The van der Waals surface area contributed by atoms with Gasteiger partial charge in [-0.3, -0.25) is 0 Å². The number of nitrogens with zero attached hydrogens (tertiary/aromatic N) is 3. The van der Waals surface area contributed by atoms with E-state index in [1.54, 1.807) is 6.20 Å². The van der Waals surface area contributed by atoms with E-state index in [2.05, 4.69) is 34.3 Å². The van der Waals surface area contributed by atoms with Gasteiger partial charge < -0.3 is 5.32 Å². The van der Waals surface area contributed by atoms with E-state index in [4.69, 9.17) is 0 Å². The van der Waals surface area contributed by atoms with E-state index in [-0.39, 0.29) is 6.04 Å².